The van der Waals surface area contributed by atoms with Crippen LogP contribution >= 0.6 is 0 Å². The van der Waals surface area contributed by atoms with E-state index in [2.05, 4.69) is 0 Å². The second-order valence-electron chi connectivity index (χ2n) is 5.53. The van der Waals surface area contributed by atoms with E-state index in [0.717, 1.165) is 36.4 Å². The van der Waals surface area contributed by atoms with Crippen molar-refractivity contribution in [3.8, 4) is 0 Å². The van der Waals surface area contributed by atoms with Gasteiger partial charge in [0.05, 0.1) is 0 Å². The Morgan fingerprint density at radius 3 is 1.28 bits per heavy atom. The van der Waals surface area contributed by atoms with Gasteiger partial charge < -0.3 is 11.5 Å². The van der Waals surface area contributed by atoms with Gasteiger partial charge in [0.2, 0.25) is 0 Å². The smallest absolute Gasteiger partial charge is 0.326 e. The number of alkyl halides is 6. The fraction of sp³-hybridized carbons (Fsp3) is 0.294. The Balaban J connectivity index is 2.61. The molecule has 2 aromatic rings. The molecule has 2 rings (SSSR count). The van der Waals surface area contributed by atoms with Crippen LogP contribution in [0.5, 0.6) is 0 Å². The summed E-state index contributed by atoms with van der Waals surface area (Å²) in [5.74, 6) is -4.84. The van der Waals surface area contributed by atoms with Gasteiger partial charge in [-0.3, -0.25) is 0 Å². The van der Waals surface area contributed by atoms with Gasteiger partial charge in [0, 0.05) is 24.2 Å². The highest BCUT2D eigenvalue weighted by molar-refractivity contribution is 5.36. The molecule has 0 aromatic heterocycles. The molecule has 1 atom stereocenters. The number of rotatable bonds is 5. The van der Waals surface area contributed by atoms with Crippen molar-refractivity contribution in [3.63, 3.8) is 0 Å². The quantitative estimate of drug-likeness (QED) is 0.786. The van der Waals surface area contributed by atoms with Gasteiger partial charge in [-0.2, -0.15) is 22.0 Å². The summed E-state index contributed by atoms with van der Waals surface area (Å²) < 4.78 is 84.5. The summed E-state index contributed by atoms with van der Waals surface area (Å²) in [6.45, 7) is 0.00890. The lowest BCUT2D eigenvalue weighted by molar-refractivity contribution is -0.314. The highest BCUT2D eigenvalue weighted by Gasteiger charge is 2.72. The normalized spacial score (nSPS) is 15.0. The predicted octanol–water partition coefficient (Wildman–Crippen LogP) is 4.12. The molecule has 2 nitrogen and oxygen atoms in total. The first kappa shape index (κ1) is 19.3. The Bertz CT molecular complexity index is 709. The van der Waals surface area contributed by atoms with Crippen LogP contribution in [0.25, 0.3) is 0 Å². The fourth-order valence-electron chi connectivity index (χ4n) is 2.44. The molecule has 0 saturated carbocycles. The topological polar surface area (TPSA) is 52.0 Å². The minimum absolute atomic E-state index is 0.0114. The lowest BCUT2D eigenvalue weighted by atomic mass is 9.84. The Hall–Kier alpha value is -2.06. The van der Waals surface area contributed by atoms with Crippen LogP contribution in [0.3, 0.4) is 0 Å². The summed E-state index contributed by atoms with van der Waals surface area (Å²) in [7, 11) is 0. The van der Waals surface area contributed by atoms with E-state index >= 15 is 0 Å². The molecule has 1 unspecified atom stereocenters. The van der Waals surface area contributed by atoms with Gasteiger partial charge in [-0.25, -0.2) is 4.39 Å². The molecule has 0 fully saturated rings. The van der Waals surface area contributed by atoms with Gasteiger partial charge >= 0.3 is 12.1 Å². The molecule has 0 spiro atoms. The summed E-state index contributed by atoms with van der Waals surface area (Å²) in [6.07, 6.45) is -5.84. The molecule has 0 aliphatic carbocycles. The minimum atomic E-state index is -5.84. The van der Waals surface area contributed by atoms with Crippen LogP contribution in [-0.2, 0) is 24.7 Å². The van der Waals surface area contributed by atoms with E-state index in [1.54, 1.807) is 0 Å². The average molecular weight is 362 g/mol. The van der Waals surface area contributed by atoms with Crippen molar-refractivity contribution in [3.05, 3.63) is 70.8 Å². The maximum atomic E-state index is 15.0. The number of benzene rings is 2. The highest BCUT2D eigenvalue weighted by Crippen LogP contribution is 2.57. The zero-order valence-corrected chi connectivity index (χ0v) is 13.0. The first-order chi connectivity index (χ1) is 11.6. The van der Waals surface area contributed by atoms with Gasteiger partial charge in [0.15, 0.2) is 0 Å². The van der Waals surface area contributed by atoms with Crippen LogP contribution in [-0.4, -0.2) is 6.18 Å². The maximum Gasteiger partial charge on any atom is 0.433 e. The number of halogens is 6. The Morgan fingerprint density at radius 1 is 0.600 bits per heavy atom. The molecule has 4 N–H and O–H groups in total. The van der Waals surface area contributed by atoms with Crippen molar-refractivity contribution in [2.45, 2.75) is 30.9 Å². The fourth-order valence-corrected chi connectivity index (χ4v) is 2.44. The summed E-state index contributed by atoms with van der Waals surface area (Å²) in [6, 6.07) is 7.30. The molecule has 0 radical (unpaired) electrons. The van der Waals surface area contributed by atoms with E-state index in [-0.39, 0.29) is 13.1 Å². The Morgan fingerprint density at radius 2 is 0.960 bits per heavy atom. The van der Waals surface area contributed by atoms with Crippen LogP contribution < -0.4 is 11.5 Å². The third-order valence-corrected chi connectivity index (χ3v) is 3.96. The molecule has 8 heteroatoms. The van der Waals surface area contributed by atoms with Gasteiger partial charge in [0.25, 0.3) is 5.67 Å². The van der Waals surface area contributed by atoms with E-state index in [9.17, 15) is 26.3 Å². The van der Waals surface area contributed by atoms with Crippen LogP contribution in [0.15, 0.2) is 48.5 Å². The van der Waals surface area contributed by atoms with Gasteiger partial charge in [-0.1, -0.05) is 48.5 Å². The molecule has 0 aliphatic rings. The zero-order chi connectivity index (χ0) is 18.9. The molecule has 0 bridgehead atoms. The van der Waals surface area contributed by atoms with Gasteiger partial charge in [-0.05, 0) is 11.1 Å². The average Bonchev–Trinajstić information content (AvgIpc) is 2.60. The van der Waals surface area contributed by atoms with E-state index in [4.69, 9.17) is 11.5 Å². The lowest BCUT2D eigenvalue weighted by Crippen LogP contribution is -2.51. The number of hydrogen-bond donors (Lipinski definition) is 2. The monoisotopic (exact) mass is 362 g/mol. The lowest BCUT2D eigenvalue weighted by Gasteiger charge is -2.35. The molecular formula is C17H16F6N2. The highest BCUT2D eigenvalue weighted by atomic mass is 19.4. The largest absolute Gasteiger partial charge is 0.433 e. The summed E-state index contributed by atoms with van der Waals surface area (Å²) in [5, 5.41) is 0. The first-order valence-electron chi connectivity index (χ1n) is 7.30. The SMILES string of the molecule is NCc1ccc(C(F)(F)C(F)(c2ccc(CN)cc2)C(F)(F)F)cc1. The minimum Gasteiger partial charge on any atom is -0.326 e. The third-order valence-electron chi connectivity index (χ3n) is 3.96. The predicted molar refractivity (Wildman–Crippen MR) is 81.4 cm³/mol. The van der Waals surface area contributed by atoms with E-state index in [1.165, 1.54) is 0 Å². The molecule has 0 aliphatic heterocycles. The Labute approximate surface area is 140 Å². The van der Waals surface area contributed by atoms with Crippen LogP contribution in [0.1, 0.15) is 22.3 Å². The second kappa shape index (κ2) is 6.68. The third kappa shape index (κ3) is 3.23. The van der Waals surface area contributed by atoms with Crippen molar-refractivity contribution in [1.82, 2.24) is 0 Å². The van der Waals surface area contributed by atoms with Crippen molar-refractivity contribution >= 4 is 0 Å². The Kier molecular flexibility index (Phi) is 5.15. The van der Waals surface area contributed by atoms with Crippen molar-refractivity contribution in [2.75, 3.05) is 0 Å². The molecule has 0 saturated heterocycles. The summed E-state index contributed by atoms with van der Waals surface area (Å²) in [4.78, 5) is 0. The van der Waals surface area contributed by atoms with E-state index in [1.807, 2.05) is 0 Å². The van der Waals surface area contributed by atoms with Crippen molar-refractivity contribution in [1.29, 1.82) is 0 Å². The van der Waals surface area contributed by atoms with E-state index in [0.29, 0.717) is 23.3 Å². The maximum absolute atomic E-state index is 15.0. The van der Waals surface area contributed by atoms with Crippen LogP contribution in [0, 0.1) is 0 Å². The second-order valence-corrected chi connectivity index (χ2v) is 5.53. The molecule has 25 heavy (non-hydrogen) atoms. The van der Waals surface area contributed by atoms with Crippen LogP contribution in [0.2, 0.25) is 0 Å². The van der Waals surface area contributed by atoms with Crippen molar-refractivity contribution in [2.24, 2.45) is 11.5 Å². The molecule has 2 aromatic carbocycles. The molecular weight excluding hydrogens is 346 g/mol. The summed E-state index contributed by atoms with van der Waals surface area (Å²) >= 11 is 0. The molecule has 0 amide bonds. The van der Waals surface area contributed by atoms with Crippen molar-refractivity contribution < 1.29 is 26.3 Å². The number of nitrogens with two attached hydrogens (primary N) is 2. The van der Waals surface area contributed by atoms with E-state index < -0.39 is 28.9 Å². The van der Waals surface area contributed by atoms with Gasteiger partial charge in [-0.15, -0.1) is 0 Å². The number of hydrogen-bond acceptors (Lipinski definition) is 2. The zero-order valence-electron chi connectivity index (χ0n) is 13.0. The summed E-state index contributed by atoms with van der Waals surface area (Å²) in [5.41, 5.74) is 4.31. The van der Waals surface area contributed by atoms with Gasteiger partial charge in [0.1, 0.15) is 0 Å². The first-order valence-corrected chi connectivity index (χ1v) is 7.30. The standard InChI is InChI=1S/C17H16F6N2/c18-15(17(21,22)23,13-5-1-11(9-24)2-6-13)16(19,20)14-7-3-12(10-25)4-8-14/h1-8H,9-10,24-25H2. The molecule has 0 heterocycles. The molecule has 136 valence electrons. The van der Waals surface area contributed by atoms with Crippen LogP contribution in [0.4, 0.5) is 26.3 Å².